The molecule has 0 saturated heterocycles. The minimum Gasteiger partial charge on any atom is -0.496 e. The number of ether oxygens (including phenoxy) is 1. The fraction of sp³-hybridized carbons (Fsp3) is 0.571. The van der Waals surface area contributed by atoms with E-state index in [0.29, 0.717) is 16.1 Å². The Morgan fingerprint density at radius 3 is 2.61 bits per heavy atom. The molecule has 0 aromatic heterocycles. The Balaban J connectivity index is 1.87. The summed E-state index contributed by atoms with van der Waals surface area (Å²) in [6.07, 6.45) is 3.79. The van der Waals surface area contributed by atoms with Gasteiger partial charge < -0.3 is 4.74 Å². The van der Waals surface area contributed by atoms with Gasteiger partial charge in [0.1, 0.15) is 11.6 Å². The molecule has 3 atom stereocenters. The zero-order chi connectivity index (χ0) is 12.9. The Morgan fingerprint density at radius 2 is 2.00 bits per heavy atom. The van der Waals surface area contributed by atoms with Crippen molar-refractivity contribution in [3.63, 3.8) is 0 Å². The molecule has 0 heterocycles. The molecular weight excluding hydrogens is 319 g/mol. The summed E-state index contributed by atoms with van der Waals surface area (Å²) in [4.78, 5) is 0. The van der Waals surface area contributed by atoms with Crippen molar-refractivity contribution < 1.29 is 9.13 Å². The van der Waals surface area contributed by atoms with Gasteiger partial charge in [-0.3, -0.25) is 0 Å². The van der Waals surface area contributed by atoms with Gasteiger partial charge in [0.25, 0.3) is 0 Å². The molecule has 4 heteroatoms. The summed E-state index contributed by atoms with van der Waals surface area (Å²) < 4.78 is 19.2. The van der Waals surface area contributed by atoms with Crippen LogP contribution in [-0.4, -0.2) is 7.11 Å². The van der Waals surface area contributed by atoms with Crippen LogP contribution in [0, 0.1) is 23.6 Å². The van der Waals surface area contributed by atoms with Crippen molar-refractivity contribution in [3.8, 4) is 5.75 Å². The van der Waals surface area contributed by atoms with Gasteiger partial charge in [-0.1, -0.05) is 0 Å². The highest BCUT2D eigenvalue weighted by molar-refractivity contribution is 9.10. The summed E-state index contributed by atoms with van der Waals surface area (Å²) in [6, 6.07) is 3.17. The molecule has 2 fully saturated rings. The van der Waals surface area contributed by atoms with Crippen LogP contribution >= 0.6 is 27.5 Å². The average Bonchev–Trinajstić information content (AvgIpc) is 2.98. The lowest BCUT2D eigenvalue weighted by molar-refractivity contribution is 0.394. The van der Waals surface area contributed by atoms with Crippen molar-refractivity contribution in [3.05, 3.63) is 28.0 Å². The molecule has 2 aliphatic rings. The minimum absolute atomic E-state index is 0.0790. The standard InChI is InChI=1S/C14H15BrClFO/c1-18-13-6-12(17)11(15)5-10(13)14(16)9-3-7-2-8(7)4-9/h5-9,14H,2-4H2,1H3. The van der Waals surface area contributed by atoms with Crippen LogP contribution in [0.3, 0.4) is 0 Å². The number of methoxy groups -OCH3 is 1. The Hall–Kier alpha value is -0.280. The van der Waals surface area contributed by atoms with Gasteiger partial charge in [-0.2, -0.15) is 0 Å². The molecule has 0 amide bonds. The Kier molecular flexibility index (Phi) is 3.31. The Labute approximate surface area is 120 Å². The molecule has 2 saturated carbocycles. The van der Waals surface area contributed by atoms with Gasteiger partial charge >= 0.3 is 0 Å². The topological polar surface area (TPSA) is 9.23 Å². The number of benzene rings is 1. The van der Waals surface area contributed by atoms with Gasteiger partial charge in [0.05, 0.1) is 17.0 Å². The van der Waals surface area contributed by atoms with Crippen LogP contribution in [0.25, 0.3) is 0 Å². The molecule has 0 radical (unpaired) electrons. The highest BCUT2D eigenvalue weighted by atomic mass is 79.9. The van der Waals surface area contributed by atoms with Crippen LogP contribution in [0.2, 0.25) is 0 Å². The van der Waals surface area contributed by atoms with Crippen molar-refractivity contribution in [1.29, 1.82) is 0 Å². The third-order valence-corrected chi connectivity index (χ3v) is 5.46. The average molecular weight is 334 g/mol. The number of fused-ring (bicyclic) bond motifs is 1. The molecule has 0 N–H and O–H groups in total. The molecule has 1 aromatic carbocycles. The first-order valence-electron chi connectivity index (χ1n) is 6.27. The summed E-state index contributed by atoms with van der Waals surface area (Å²) in [5.74, 6) is 2.53. The van der Waals surface area contributed by atoms with E-state index >= 15 is 0 Å². The maximum Gasteiger partial charge on any atom is 0.141 e. The van der Waals surface area contributed by atoms with E-state index in [-0.39, 0.29) is 11.2 Å². The van der Waals surface area contributed by atoms with E-state index < -0.39 is 0 Å². The van der Waals surface area contributed by atoms with Crippen LogP contribution in [0.5, 0.6) is 5.75 Å². The van der Waals surface area contributed by atoms with Crippen molar-refractivity contribution in [2.45, 2.75) is 24.6 Å². The largest absolute Gasteiger partial charge is 0.496 e. The first kappa shape index (κ1) is 12.7. The molecule has 18 heavy (non-hydrogen) atoms. The third-order valence-electron chi connectivity index (χ3n) is 4.26. The van der Waals surface area contributed by atoms with Crippen LogP contribution < -0.4 is 4.74 Å². The van der Waals surface area contributed by atoms with Gasteiger partial charge in [-0.15, -0.1) is 11.6 Å². The molecule has 3 rings (SSSR count). The molecule has 1 aromatic rings. The highest BCUT2D eigenvalue weighted by Crippen LogP contribution is 2.59. The quantitative estimate of drug-likeness (QED) is 0.713. The Bertz CT molecular complexity index is 469. The number of rotatable bonds is 3. The summed E-state index contributed by atoms with van der Waals surface area (Å²) in [6.45, 7) is 0. The normalized spacial score (nSPS) is 31.0. The molecule has 0 aliphatic heterocycles. The van der Waals surface area contributed by atoms with Crippen LogP contribution in [0.15, 0.2) is 16.6 Å². The smallest absolute Gasteiger partial charge is 0.141 e. The van der Waals surface area contributed by atoms with Gasteiger partial charge in [0, 0.05) is 11.6 Å². The second-order valence-electron chi connectivity index (χ2n) is 5.40. The lowest BCUT2D eigenvalue weighted by atomic mass is 9.93. The maximum atomic E-state index is 13.5. The molecule has 0 bridgehead atoms. The van der Waals surface area contributed by atoms with E-state index in [2.05, 4.69) is 15.9 Å². The van der Waals surface area contributed by atoms with Crippen molar-refractivity contribution in [2.24, 2.45) is 17.8 Å². The van der Waals surface area contributed by atoms with Gasteiger partial charge in [-0.05, 0) is 59.0 Å². The van der Waals surface area contributed by atoms with Crippen molar-refractivity contribution >= 4 is 27.5 Å². The number of hydrogen-bond donors (Lipinski definition) is 0. The zero-order valence-electron chi connectivity index (χ0n) is 10.1. The van der Waals surface area contributed by atoms with E-state index in [0.717, 1.165) is 17.4 Å². The molecule has 0 spiro atoms. The first-order chi connectivity index (χ1) is 8.60. The molecule has 2 aliphatic carbocycles. The first-order valence-corrected chi connectivity index (χ1v) is 7.50. The molecule has 98 valence electrons. The molecule has 1 nitrogen and oxygen atoms in total. The van der Waals surface area contributed by atoms with E-state index in [1.54, 1.807) is 13.2 Å². The second kappa shape index (κ2) is 4.68. The van der Waals surface area contributed by atoms with Gasteiger partial charge in [-0.25, -0.2) is 4.39 Å². The number of alkyl halides is 1. The molecular formula is C14H15BrClFO. The van der Waals surface area contributed by atoms with E-state index in [1.807, 2.05) is 0 Å². The number of hydrogen-bond acceptors (Lipinski definition) is 1. The summed E-state index contributed by atoms with van der Waals surface area (Å²) >= 11 is 9.80. The third kappa shape index (κ3) is 2.16. The van der Waals surface area contributed by atoms with Crippen LogP contribution in [0.1, 0.15) is 30.2 Å². The second-order valence-corrected chi connectivity index (χ2v) is 6.72. The van der Waals surface area contributed by atoms with E-state index in [9.17, 15) is 4.39 Å². The van der Waals surface area contributed by atoms with Crippen LogP contribution in [-0.2, 0) is 0 Å². The predicted molar refractivity (Wildman–Crippen MR) is 73.6 cm³/mol. The summed E-state index contributed by atoms with van der Waals surface area (Å²) in [5, 5.41) is -0.0790. The zero-order valence-corrected chi connectivity index (χ0v) is 12.5. The Morgan fingerprint density at radius 1 is 1.33 bits per heavy atom. The fourth-order valence-electron chi connectivity index (χ4n) is 3.19. The van der Waals surface area contributed by atoms with Gasteiger partial charge in [0.15, 0.2) is 0 Å². The predicted octanol–water partition coefficient (Wildman–Crippen LogP) is 4.92. The summed E-state index contributed by atoms with van der Waals surface area (Å²) in [7, 11) is 1.56. The lowest BCUT2D eigenvalue weighted by Crippen LogP contribution is -2.08. The fourth-order valence-corrected chi connectivity index (χ4v) is 3.93. The molecule has 3 unspecified atom stereocenters. The van der Waals surface area contributed by atoms with Gasteiger partial charge in [0.2, 0.25) is 0 Å². The highest BCUT2D eigenvalue weighted by Gasteiger charge is 2.48. The SMILES string of the molecule is COc1cc(F)c(Br)cc1C(Cl)C1CC2CC2C1. The lowest BCUT2D eigenvalue weighted by Gasteiger charge is -2.21. The maximum absolute atomic E-state index is 13.5. The monoisotopic (exact) mass is 332 g/mol. The van der Waals surface area contributed by atoms with Crippen molar-refractivity contribution in [1.82, 2.24) is 0 Å². The van der Waals surface area contributed by atoms with E-state index in [4.69, 9.17) is 16.3 Å². The van der Waals surface area contributed by atoms with Crippen molar-refractivity contribution in [2.75, 3.05) is 7.11 Å². The summed E-state index contributed by atoms with van der Waals surface area (Å²) in [5.41, 5.74) is 0.902. The van der Waals surface area contributed by atoms with Crippen LogP contribution in [0.4, 0.5) is 4.39 Å². The van der Waals surface area contributed by atoms with E-state index in [1.165, 1.54) is 25.3 Å². The number of halogens is 3. The minimum atomic E-state index is -0.311.